The van der Waals surface area contributed by atoms with Crippen LogP contribution in [0.4, 0.5) is 0 Å². The number of carbonyl (C=O) groups is 4. The van der Waals surface area contributed by atoms with Crippen LogP contribution in [0.3, 0.4) is 0 Å². The van der Waals surface area contributed by atoms with Crippen LogP contribution in [-0.4, -0.2) is 49.1 Å². The molecule has 1 aliphatic rings. The highest BCUT2D eigenvalue weighted by molar-refractivity contribution is 5.93. The van der Waals surface area contributed by atoms with Gasteiger partial charge in [-0.05, 0) is 26.7 Å². The molecule has 0 unspecified atom stereocenters. The van der Waals surface area contributed by atoms with E-state index in [1.807, 2.05) is 0 Å². The van der Waals surface area contributed by atoms with E-state index in [9.17, 15) is 19.2 Å². The van der Waals surface area contributed by atoms with E-state index in [0.29, 0.717) is 6.42 Å². The van der Waals surface area contributed by atoms with Gasteiger partial charge in [0.25, 0.3) is 0 Å². The fourth-order valence-electron chi connectivity index (χ4n) is 2.07. The third kappa shape index (κ3) is 5.71. The summed E-state index contributed by atoms with van der Waals surface area (Å²) in [6.45, 7) is 3.76. The minimum atomic E-state index is -0.936. The summed E-state index contributed by atoms with van der Waals surface area (Å²) in [4.78, 5) is 46.4. The van der Waals surface area contributed by atoms with E-state index in [-0.39, 0.29) is 38.4 Å². The van der Waals surface area contributed by atoms with E-state index in [4.69, 9.17) is 9.47 Å². The van der Waals surface area contributed by atoms with E-state index in [2.05, 4.69) is 10.6 Å². The number of ether oxygens (including phenoxy) is 2. The fraction of sp³-hybridized carbons (Fsp3) is 0.714. The number of esters is 2. The number of hydrogen-bond acceptors (Lipinski definition) is 6. The Morgan fingerprint density at radius 1 is 1.27 bits per heavy atom. The highest BCUT2D eigenvalue weighted by atomic mass is 16.5. The summed E-state index contributed by atoms with van der Waals surface area (Å²) < 4.78 is 9.68. The molecular formula is C14H22N2O6. The molecule has 0 aliphatic carbocycles. The predicted molar refractivity (Wildman–Crippen MR) is 75.6 cm³/mol. The Bertz CT molecular complexity index is 437. The molecule has 1 fully saturated rings. The topological polar surface area (TPSA) is 111 Å². The van der Waals surface area contributed by atoms with Crippen molar-refractivity contribution in [3.05, 3.63) is 0 Å². The smallest absolute Gasteiger partial charge is 0.328 e. The largest absolute Gasteiger partial charge is 0.466 e. The van der Waals surface area contributed by atoms with Gasteiger partial charge in [-0.1, -0.05) is 0 Å². The average Bonchev–Trinajstić information content (AvgIpc) is 2.90. The molecule has 1 aliphatic heterocycles. The van der Waals surface area contributed by atoms with Crippen molar-refractivity contribution in [1.29, 1.82) is 0 Å². The molecule has 2 atom stereocenters. The maximum atomic E-state index is 12.0. The lowest BCUT2D eigenvalue weighted by molar-refractivity contribution is -0.149. The van der Waals surface area contributed by atoms with E-state index in [0.717, 1.165) is 0 Å². The van der Waals surface area contributed by atoms with Gasteiger partial charge in [-0.25, -0.2) is 4.79 Å². The Morgan fingerprint density at radius 2 is 1.95 bits per heavy atom. The maximum absolute atomic E-state index is 12.0. The van der Waals surface area contributed by atoms with Gasteiger partial charge in [0.15, 0.2) is 0 Å². The Morgan fingerprint density at radius 3 is 2.50 bits per heavy atom. The van der Waals surface area contributed by atoms with Crippen LogP contribution in [0.2, 0.25) is 0 Å². The zero-order chi connectivity index (χ0) is 16.5. The van der Waals surface area contributed by atoms with Crippen molar-refractivity contribution in [2.24, 2.45) is 0 Å². The quantitative estimate of drug-likeness (QED) is 0.593. The third-order valence-corrected chi connectivity index (χ3v) is 3.14. The second-order valence-electron chi connectivity index (χ2n) is 4.82. The van der Waals surface area contributed by atoms with Gasteiger partial charge in [0, 0.05) is 12.8 Å². The molecule has 0 bridgehead atoms. The third-order valence-electron chi connectivity index (χ3n) is 3.14. The predicted octanol–water partition coefficient (Wildman–Crippen LogP) is -0.344. The Balaban J connectivity index is 2.57. The first kappa shape index (κ1) is 17.9. The van der Waals surface area contributed by atoms with Crippen LogP contribution in [0.25, 0.3) is 0 Å². The highest BCUT2D eigenvalue weighted by Gasteiger charge is 2.31. The van der Waals surface area contributed by atoms with Crippen LogP contribution < -0.4 is 10.6 Å². The molecule has 0 aromatic rings. The first-order valence-corrected chi connectivity index (χ1v) is 7.39. The Labute approximate surface area is 128 Å². The molecule has 8 heteroatoms. The Kier molecular flexibility index (Phi) is 7.34. The summed E-state index contributed by atoms with van der Waals surface area (Å²) >= 11 is 0. The van der Waals surface area contributed by atoms with Crippen molar-refractivity contribution in [3.63, 3.8) is 0 Å². The minimum Gasteiger partial charge on any atom is -0.466 e. The monoisotopic (exact) mass is 314 g/mol. The molecule has 0 spiro atoms. The second-order valence-corrected chi connectivity index (χ2v) is 4.82. The number of hydrogen-bond donors (Lipinski definition) is 2. The summed E-state index contributed by atoms with van der Waals surface area (Å²) in [7, 11) is 0. The minimum absolute atomic E-state index is 0.00533. The van der Waals surface area contributed by atoms with Crippen molar-refractivity contribution in [2.45, 2.75) is 51.6 Å². The van der Waals surface area contributed by atoms with Gasteiger partial charge in [0.05, 0.1) is 13.2 Å². The molecule has 0 aromatic heterocycles. The lowest BCUT2D eigenvalue weighted by atomic mass is 10.1. The van der Waals surface area contributed by atoms with Crippen LogP contribution in [0.15, 0.2) is 0 Å². The van der Waals surface area contributed by atoms with Gasteiger partial charge in [-0.2, -0.15) is 0 Å². The van der Waals surface area contributed by atoms with Gasteiger partial charge >= 0.3 is 11.9 Å². The van der Waals surface area contributed by atoms with Crippen LogP contribution in [0, 0.1) is 0 Å². The second kappa shape index (κ2) is 9.01. The van der Waals surface area contributed by atoms with Gasteiger partial charge in [0.2, 0.25) is 11.8 Å². The molecular weight excluding hydrogens is 292 g/mol. The van der Waals surface area contributed by atoms with Crippen molar-refractivity contribution < 1.29 is 28.7 Å². The lowest BCUT2D eigenvalue weighted by Crippen LogP contribution is -2.49. The normalized spacial score (nSPS) is 18.3. The van der Waals surface area contributed by atoms with Crippen molar-refractivity contribution in [2.75, 3.05) is 13.2 Å². The SMILES string of the molecule is CCOC(=O)CC[C@H](NC(=O)[C@@H]1CCC(=O)N1)C(=O)OCC. The van der Waals surface area contributed by atoms with E-state index < -0.39 is 29.9 Å². The van der Waals surface area contributed by atoms with Crippen LogP contribution >= 0.6 is 0 Å². The first-order valence-electron chi connectivity index (χ1n) is 7.39. The molecule has 0 radical (unpaired) electrons. The summed E-state index contributed by atoms with van der Waals surface area (Å²) in [5.74, 6) is -1.70. The zero-order valence-electron chi connectivity index (χ0n) is 12.8. The molecule has 1 rings (SSSR count). The van der Waals surface area contributed by atoms with Crippen molar-refractivity contribution >= 4 is 23.8 Å². The van der Waals surface area contributed by atoms with E-state index in [1.54, 1.807) is 13.8 Å². The van der Waals surface area contributed by atoms with Crippen LogP contribution in [0.1, 0.15) is 39.5 Å². The first-order chi connectivity index (χ1) is 10.5. The van der Waals surface area contributed by atoms with Crippen molar-refractivity contribution in [3.8, 4) is 0 Å². The summed E-state index contributed by atoms with van der Waals surface area (Å²) in [6, 6.07) is -1.58. The number of amides is 2. The molecule has 1 heterocycles. The van der Waals surface area contributed by atoms with Gasteiger partial charge in [-0.3, -0.25) is 14.4 Å². The highest BCUT2D eigenvalue weighted by Crippen LogP contribution is 2.08. The summed E-state index contributed by atoms with van der Waals surface area (Å²) in [5.41, 5.74) is 0. The molecule has 0 aromatic carbocycles. The maximum Gasteiger partial charge on any atom is 0.328 e. The van der Waals surface area contributed by atoms with Crippen LogP contribution in [0.5, 0.6) is 0 Å². The van der Waals surface area contributed by atoms with Gasteiger partial charge < -0.3 is 20.1 Å². The van der Waals surface area contributed by atoms with E-state index in [1.165, 1.54) is 0 Å². The molecule has 124 valence electrons. The molecule has 1 saturated heterocycles. The van der Waals surface area contributed by atoms with Crippen LogP contribution in [-0.2, 0) is 28.7 Å². The number of nitrogens with one attached hydrogen (secondary N) is 2. The summed E-state index contributed by atoms with van der Waals surface area (Å²) in [6.07, 6.45) is 0.752. The zero-order valence-corrected chi connectivity index (χ0v) is 12.8. The van der Waals surface area contributed by atoms with Gasteiger partial charge in [-0.15, -0.1) is 0 Å². The average molecular weight is 314 g/mol. The molecule has 2 N–H and O–H groups in total. The molecule has 0 saturated carbocycles. The van der Waals surface area contributed by atoms with Crippen molar-refractivity contribution in [1.82, 2.24) is 10.6 Å². The Hall–Kier alpha value is -2.12. The summed E-state index contributed by atoms with van der Waals surface area (Å²) in [5, 5.41) is 5.05. The van der Waals surface area contributed by atoms with E-state index >= 15 is 0 Å². The molecule has 8 nitrogen and oxygen atoms in total. The fourth-order valence-corrected chi connectivity index (χ4v) is 2.07. The standard InChI is InChI=1S/C14H22N2O6/c1-3-21-12(18)8-6-10(14(20)22-4-2)16-13(19)9-5-7-11(17)15-9/h9-10H,3-8H2,1-2H3,(H,15,17)(H,16,19)/t9-,10-/m0/s1. The lowest BCUT2D eigenvalue weighted by Gasteiger charge is -2.19. The molecule has 2 amide bonds. The molecule has 22 heavy (non-hydrogen) atoms. The number of rotatable bonds is 8. The van der Waals surface area contributed by atoms with Gasteiger partial charge in [0.1, 0.15) is 12.1 Å². The number of carbonyl (C=O) groups excluding carboxylic acids is 4.